The summed E-state index contributed by atoms with van der Waals surface area (Å²) in [5.41, 5.74) is 1.73. The average molecular weight is 380 g/mol. The van der Waals surface area contributed by atoms with E-state index >= 15 is 0 Å². The Hall–Kier alpha value is -1.76. The summed E-state index contributed by atoms with van der Waals surface area (Å²) >= 11 is 0. The number of carbonyl (C=O) groups excluding carboxylic acids is 1. The monoisotopic (exact) mass is 379 g/mol. The van der Waals surface area contributed by atoms with Crippen LogP contribution in [0.25, 0.3) is 0 Å². The van der Waals surface area contributed by atoms with Gasteiger partial charge in [-0.2, -0.15) is 0 Å². The molecule has 0 aromatic heterocycles. The summed E-state index contributed by atoms with van der Waals surface area (Å²) in [6.45, 7) is 7.53. The molecule has 0 bridgehead atoms. The number of sulfonamides is 1. The standard InChI is InChI=1S/C19H29N3O3S/c1-4-15(3)20-18(23)21-12-10-19(11-13-21)14-22(26(24,25)5-2)17-9-7-6-8-16(17)19/h6-9,15H,4-5,10-14H2,1-3H3,(H,20,23). The first kappa shape index (κ1) is 19.0. The lowest BCUT2D eigenvalue weighted by Gasteiger charge is -2.40. The van der Waals surface area contributed by atoms with Gasteiger partial charge in [-0.05, 0) is 44.7 Å². The van der Waals surface area contributed by atoms with Gasteiger partial charge >= 0.3 is 6.03 Å². The van der Waals surface area contributed by atoms with Gasteiger partial charge in [0.2, 0.25) is 10.0 Å². The van der Waals surface area contributed by atoms with Crippen molar-refractivity contribution in [2.24, 2.45) is 0 Å². The van der Waals surface area contributed by atoms with Crippen LogP contribution in [-0.4, -0.2) is 50.8 Å². The van der Waals surface area contributed by atoms with Crippen LogP contribution in [0.2, 0.25) is 0 Å². The number of nitrogens with one attached hydrogen (secondary N) is 1. The second-order valence-corrected chi connectivity index (χ2v) is 9.63. The van der Waals surface area contributed by atoms with Gasteiger partial charge in [0.15, 0.2) is 0 Å². The Labute approximate surface area is 156 Å². The van der Waals surface area contributed by atoms with Crippen molar-refractivity contribution in [3.05, 3.63) is 29.8 Å². The molecule has 0 aliphatic carbocycles. The molecule has 0 radical (unpaired) electrons. The molecule has 1 N–H and O–H groups in total. The number of carbonyl (C=O) groups is 1. The Kier molecular flexibility index (Phi) is 5.19. The highest BCUT2D eigenvalue weighted by Crippen LogP contribution is 2.47. The van der Waals surface area contributed by atoms with E-state index in [0.29, 0.717) is 19.6 Å². The van der Waals surface area contributed by atoms with Crippen LogP contribution in [0.1, 0.15) is 45.6 Å². The molecule has 1 aromatic carbocycles. The number of para-hydroxylation sites is 1. The van der Waals surface area contributed by atoms with Crippen molar-refractivity contribution >= 4 is 21.7 Å². The van der Waals surface area contributed by atoms with Crippen molar-refractivity contribution in [3.63, 3.8) is 0 Å². The molecule has 144 valence electrons. The first-order valence-electron chi connectivity index (χ1n) is 9.48. The largest absolute Gasteiger partial charge is 0.336 e. The number of urea groups is 1. The molecule has 0 saturated carbocycles. The van der Waals surface area contributed by atoms with Gasteiger partial charge in [0.1, 0.15) is 0 Å². The molecule has 1 aromatic rings. The highest BCUT2D eigenvalue weighted by atomic mass is 32.2. The average Bonchev–Trinajstić information content (AvgIpc) is 2.97. The van der Waals surface area contributed by atoms with Crippen LogP contribution in [0, 0.1) is 0 Å². The second kappa shape index (κ2) is 7.10. The van der Waals surface area contributed by atoms with Crippen molar-refractivity contribution in [1.29, 1.82) is 0 Å². The number of amides is 2. The molecule has 26 heavy (non-hydrogen) atoms. The quantitative estimate of drug-likeness (QED) is 0.874. The van der Waals surface area contributed by atoms with Crippen LogP contribution in [0.5, 0.6) is 0 Å². The molecule has 2 aliphatic heterocycles. The van der Waals surface area contributed by atoms with Gasteiger partial charge in [-0.25, -0.2) is 13.2 Å². The van der Waals surface area contributed by atoms with E-state index in [9.17, 15) is 13.2 Å². The van der Waals surface area contributed by atoms with Gasteiger partial charge < -0.3 is 10.2 Å². The first-order valence-corrected chi connectivity index (χ1v) is 11.1. The van der Waals surface area contributed by atoms with Crippen LogP contribution >= 0.6 is 0 Å². The van der Waals surface area contributed by atoms with Crippen molar-refractivity contribution in [1.82, 2.24) is 10.2 Å². The van der Waals surface area contributed by atoms with Crippen LogP contribution < -0.4 is 9.62 Å². The summed E-state index contributed by atoms with van der Waals surface area (Å²) in [4.78, 5) is 14.3. The third kappa shape index (κ3) is 3.29. The van der Waals surface area contributed by atoms with Crippen LogP contribution in [0.15, 0.2) is 24.3 Å². The number of piperidine rings is 1. The number of fused-ring (bicyclic) bond motifs is 2. The van der Waals surface area contributed by atoms with E-state index in [0.717, 1.165) is 30.5 Å². The van der Waals surface area contributed by atoms with E-state index in [1.165, 1.54) is 0 Å². The molecular formula is C19H29N3O3S. The molecule has 1 atom stereocenters. The van der Waals surface area contributed by atoms with Gasteiger partial charge in [0, 0.05) is 31.1 Å². The van der Waals surface area contributed by atoms with Crippen LogP contribution in [0.3, 0.4) is 0 Å². The Bertz CT molecular complexity index is 770. The molecule has 3 rings (SSSR count). The van der Waals surface area contributed by atoms with Gasteiger partial charge in [-0.15, -0.1) is 0 Å². The maximum atomic E-state index is 12.6. The third-order valence-corrected chi connectivity index (χ3v) is 7.61. The smallest absolute Gasteiger partial charge is 0.317 e. The van der Waals surface area contributed by atoms with E-state index in [-0.39, 0.29) is 23.2 Å². The van der Waals surface area contributed by atoms with Gasteiger partial charge in [0.05, 0.1) is 11.4 Å². The number of anilines is 1. The zero-order valence-corrected chi connectivity index (χ0v) is 16.7. The number of rotatable bonds is 4. The molecule has 2 amide bonds. The zero-order chi connectivity index (χ0) is 18.9. The maximum absolute atomic E-state index is 12.6. The fourth-order valence-electron chi connectivity index (χ4n) is 3.96. The normalized spacial score (nSPS) is 20.1. The molecular weight excluding hydrogens is 350 g/mol. The summed E-state index contributed by atoms with van der Waals surface area (Å²) in [5.74, 6) is 0.0981. The fourth-order valence-corrected chi connectivity index (χ4v) is 5.17. The number of hydrogen-bond donors (Lipinski definition) is 1. The van der Waals surface area contributed by atoms with Gasteiger partial charge in [-0.3, -0.25) is 4.31 Å². The van der Waals surface area contributed by atoms with E-state index in [4.69, 9.17) is 0 Å². The second-order valence-electron chi connectivity index (χ2n) is 7.45. The Morgan fingerprint density at radius 2 is 1.88 bits per heavy atom. The van der Waals surface area contributed by atoms with Crippen molar-refractivity contribution in [2.75, 3.05) is 29.7 Å². The van der Waals surface area contributed by atoms with Gasteiger partial charge in [-0.1, -0.05) is 25.1 Å². The summed E-state index contributed by atoms with van der Waals surface area (Å²) in [5, 5.41) is 3.02. The Balaban J connectivity index is 1.80. The molecule has 2 heterocycles. The molecule has 1 unspecified atom stereocenters. The van der Waals surface area contributed by atoms with E-state index < -0.39 is 10.0 Å². The molecule has 6 nitrogen and oxygen atoms in total. The maximum Gasteiger partial charge on any atom is 0.317 e. The molecule has 1 saturated heterocycles. The molecule has 1 spiro atoms. The minimum absolute atomic E-state index is 0.0153. The fraction of sp³-hybridized carbons (Fsp3) is 0.632. The molecule has 7 heteroatoms. The lowest BCUT2D eigenvalue weighted by atomic mass is 9.74. The SMILES string of the molecule is CCC(C)NC(=O)N1CCC2(CC1)CN(S(=O)(=O)CC)c1ccccc12. The Morgan fingerprint density at radius 1 is 1.23 bits per heavy atom. The van der Waals surface area contributed by atoms with E-state index in [1.807, 2.05) is 36.9 Å². The number of nitrogens with zero attached hydrogens (tertiary/aromatic N) is 2. The van der Waals surface area contributed by atoms with Crippen molar-refractivity contribution in [2.45, 2.75) is 51.5 Å². The first-order chi connectivity index (χ1) is 12.3. The van der Waals surface area contributed by atoms with Crippen molar-refractivity contribution in [3.8, 4) is 0 Å². The van der Waals surface area contributed by atoms with E-state index in [1.54, 1.807) is 11.2 Å². The minimum Gasteiger partial charge on any atom is -0.336 e. The lowest BCUT2D eigenvalue weighted by Crippen LogP contribution is -2.51. The number of hydrogen-bond acceptors (Lipinski definition) is 3. The highest BCUT2D eigenvalue weighted by Gasteiger charge is 2.47. The van der Waals surface area contributed by atoms with Crippen molar-refractivity contribution < 1.29 is 13.2 Å². The summed E-state index contributed by atoms with van der Waals surface area (Å²) < 4.78 is 26.7. The third-order valence-electron chi connectivity index (χ3n) is 5.88. The summed E-state index contributed by atoms with van der Waals surface area (Å²) in [6.07, 6.45) is 2.47. The predicted octanol–water partition coefficient (Wildman–Crippen LogP) is 2.70. The Morgan fingerprint density at radius 3 is 2.50 bits per heavy atom. The summed E-state index contributed by atoms with van der Waals surface area (Å²) in [7, 11) is -3.30. The van der Waals surface area contributed by atoms with Crippen LogP contribution in [-0.2, 0) is 15.4 Å². The highest BCUT2D eigenvalue weighted by molar-refractivity contribution is 7.92. The zero-order valence-electron chi connectivity index (χ0n) is 15.9. The lowest BCUT2D eigenvalue weighted by molar-refractivity contribution is 0.159. The number of benzene rings is 1. The summed E-state index contributed by atoms with van der Waals surface area (Å²) in [6, 6.07) is 7.97. The molecule has 2 aliphatic rings. The number of likely N-dealkylation sites (tertiary alicyclic amines) is 1. The predicted molar refractivity (Wildman–Crippen MR) is 104 cm³/mol. The minimum atomic E-state index is -3.30. The molecule has 1 fully saturated rings. The van der Waals surface area contributed by atoms with Gasteiger partial charge in [0.25, 0.3) is 0 Å². The van der Waals surface area contributed by atoms with Crippen LogP contribution in [0.4, 0.5) is 10.5 Å². The van der Waals surface area contributed by atoms with E-state index in [2.05, 4.69) is 11.4 Å². The topological polar surface area (TPSA) is 69.7 Å².